The third kappa shape index (κ3) is 3.22. The van der Waals surface area contributed by atoms with Crippen LogP contribution in [0.5, 0.6) is 0 Å². The Morgan fingerprint density at radius 3 is 2.54 bits per heavy atom. The van der Waals surface area contributed by atoms with E-state index in [1.807, 2.05) is 0 Å². The first-order valence-corrected chi connectivity index (χ1v) is 3.98. The summed E-state index contributed by atoms with van der Waals surface area (Å²) in [6.07, 6.45) is -5.20. The largest absolute Gasteiger partial charge is 0.397 e. The van der Waals surface area contributed by atoms with E-state index in [0.717, 1.165) is 4.90 Å². The highest BCUT2D eigenvalue weighted by atomic mass is 19.4. The zero-order chi connectivity index (χ0) is 10.1. The van der Waals surface area contributed by atoms with Crippen molar-refractivity contribution in [1.82, 2.24) is 4.90 Å². The highest BCUT2D eigenvalue weighted by molar-refractivity contribution is 5.77. The summed E-state index contributed by atoms with van der Waals surface area (Å²) in [5.74, 6) is -0.875. The quantitative estimate of drug-likeness (QED) is 0.663. The lowest BCUT2D eigenvalue weighted by Crippen LogP contribution is -2.34. The molecule has 1 heterocycles. The molecule has 0 spiro atoms. The standard InChI is InChI=1S/C7H11F3N2O/c8-7(9,10)3-6(13)12-2-1-5(11)4-12/h5H,1-4,11H2. The molecule has 1 fully saturated rings. The van der Waals surface area contributed by atoms with Gasteiger partial charge in [0.15, 0.2) is 0 Å². The second-order valence-electron chi connectivity index (χ2n) is 3.18. The summed E-state index contributed by atoms with van der Waals surface area (Å²) in [6, 6.07) is -0.169. The fourth-order valence-corrected chi connectivity index (χ4v) is 1.30. The molecule has 6 heteroatoms. The average molecular weight is 196 g/mol. The lowest BCUT2D eigenvalue weighted by atomic mass is 10.3. The van der Waals surface area contributed by atoms with Crippen LogP contribution in [0.15, 0.2) is 0 Å². The molecule has 1 aliphatic rings. The van der Waals surface area contributed by atoms with Crippen molar-refractivity contribution >= 4 is 5.91 Å². The monoisotopic (exact) mass is 196 g/mol. The van der Waals surface area contributed by atoms with E-state index in [2.05, 4.69) is 0 Å². The Bertz CT molecular complexity index is 204. The van der Waals surface area contributed by atoms with Crippen molar-refractivity contribution in [2.24, 2.45) is 5.73 Å². The van der Waals surface area contributed by atoms with E-state index in [1.165, 1.54) is 0 Å². The van der Waals surface area contributed by atoms with Gasteiger partial charge in [-0.2, -0.15) is 13.2 Å². The van der Waals surface area contributed by atoms with Crippen LogP contribution in [0.1, 0.15) is 12.8 Å². The van der Waals surface area contributed by atoms with E-state index < -0.39 is 18.5 Å². The lowest BCUT2D eigenvalue weighted by molar-refractivity contribution is -0.160. The van der Waals surface area contributed by atoms with Crippen LogP contribution in [0.3, 0.4) is 0 Å². The van der Waals surface area contributed by atoms with Crippen molar-refractivity contribution in [3.8, 4) is 0 Å². The zero-order valence-electron chi connectivity index (χ0n) is 6.97. The van der Waals surface area contributed by atoms with Gasteiger partial charge in [-0.05, 0) is 6.42 Å². The van der Waals surface area contributed by atoms with Gasteiger partial charge in [-0.15, -0.1) is 0 Å². The summed E-state index contributed by atoms with van der Waals surface area (Å²) >= 11 is 0. The highest BCUT2D eigenvalue weighted by Gasteiger charge is 2.35. The smallest absolute Gasteiger partial charge is 0.341 e. The van der Waals surface area contributed by atoms with E-state index in [-0.39, 0.29) is 12.6 Å². The van der Waals surface area contributed by atoms with Crippen LogP contribution in [-0.4, -0.2) is 36.1 Å². The molecule has 1 rings (SSSR count). The first-order valence-electron chi connectivity index (χ1n) is 3.98. The number of hydrogen-bond acceptors (Lipinski definition) is 2. The van der Waals surface area contributed by atoms with Gasteiger partial charge in [-0.3, -0.25) is 4.79 Å². The number of alkyl halides is 3. The number of likely N-dealkylation sites (tertiary alicyclic amines) is 1. The van der Waals surface area contributed by atoms with E-state index in [9.17, 15) is 18.0 Å². The number of amides is 1. The number of nitrogens with two attached hydrogens (primary N) is 1. The summed E-state index contributed by atoms with van der Waals surface area (Å²) in [5, 5.41) is 0. The zero-order valence-corrected chi connectivity index (χ0v) is 6.97. The molecule has 3 nitrogen and oxygen atoms in total. The molecule has 0 aromatic rings. The predicted octanol–water partition coefficient (Wildman–Crippen LogP) is 0.498. The third-order valence-corrected chi connectivity index (χ3v) is 1.93. The molecule has 0 aromatic carbocycles. The van der Waals surface area contributed by atoms with Crippen LogP contribution in [0.4, 0.5) is 13.2 Å². The fourth-order valence-electron chi connectivity index (χ4n) is 1.30. The van der Waals surface area contributed by atoms with E-state index in [1.54, 1.807) is 0 Å². The number of halogens is 3. The van der Waals surface area contributed by atoms with Crippen molar-refractivity contribution in [3.63, 3.8) is 0 Å². The van der Waals surface area contributed by atoms with E-state index in [0.29, 0.717) is 13.0 Å². The molecule has 0 radical (unpaired) electrons. The van der Waals surface area contributed by atoms with Crippen LogP contribution in [0.25, 0.3) is 0 Å². The second kappa shape index (κ2) is 3.53. The van der Waals surface area contributed by atoms with Crippen molar-refractivity contribution in [2.45, 2.75) is 25.1 Å². The van der Waals surface area contributed by atoms with Crippen molar-refractivity contribution in [2.75, 3.05) is 13.1 Å². The van der Waals surface area contributed by atoms with Gasteiger partial charge in [-0.1, -0.05) is 0 Å². The molecule has 1 atom stereocenters. The van der Waals surface area contributed by atoms with Crippen LogP contribution in [0, 0.1) is 0 Å². The number of rotatable bonds is 1. The van der Waals surface area contributed by atoms with Gasteiger partial charge in [0.05, 0.1) is 0 Å². The maximum atomic E-state index is 11.8. The summed E-state index contributed by atoms with van der Waals surface area (Å²) in [4.78, 5) is 12.1. The Kier molecular flexibility index (Phi) is 2.80. The first-order chi connectivity index (χ1) is 5.88. The Balaban J connectivity index is 2.41. The first kappa shape index (κ1) is 10.3. The molecule has 13 heavy (non-hydrogen) atoms. The highest BCUT2D eigenvalue weighted by Crippen LogP contribution is 2.21. The van der Waals surface area contributed by atoms with Crippen LogP contribution in [-0.2, 0) is 4.79 Å². The number of carbonyl (C=O) groups is 1. The predicted molar refractivity (Wildman–Crippen MR) is 39.8 cm³/mol. The minimum atomic E-state index is -4.41. The Hall–Kier alpha value is -0.780. The van der Waals surface area contributed by atoms with Gasteiger partial charge in [0.1, 0.15) is 6.42 Å². The number of nitrogens with zero attached hydrogens (tertiary/aromatic N) is 1. The third-order valence-electron chi connectivity index (χ3n) is 1.93. The molecule has 0 aliphatic carbocycles. The van der Waals surface area contributed by atoms with Gasteiger partial charge in [-0.25, -0.2) is 0 Å². The van der Waals surface area contributed by atoms with Crippen molar-refractivity contribution in [3.05, 3.63) is 0 Å². The Morgan fingerprint density at radius 1 is 1.54 bits per heavy atom. The molecule has 0 saturated carbocycles. The van der Waals surface area contributed by atoms with Crippen LogP contribution < -0.4 is 5.73 Å². The van der Waals surface area contributed by atoms with Crippen molar-refractivity contribution in [1.29, 1.82) is 0 Å². The summed E-state index contributed by atoms with van der Waals surface area (Å²) in [6.45, 7) is 0.588. The van der Waals surface area contributed by atoms with Crippen molar-refractivity contribution < 1.29 is 18.0 Å². The SMILES string of the molecule is NC1CCN(C(=O)CC(F)(F)F)C1. The molecule has 1 amide bonds. The van der Waals surface area contributed by atoms with Gasteiger partial charge in [0.25, 0.3) is 0 Å². The molecule has 1 aliphatic heterocycles. The Morgan fingerprint density at radius 2 is 2.15 bits per heavy atom. The molecule has 1 unspecified atom stereocenters. The second-order valence-corrected chi connectivity index (χ2v) is 3.18. The van der Waals surface area contributed by atoms with Gasteiger partial charge < -0.3 is 10.6 Å². The molecule has 0 bridgehead atoms. The average Bonchev–Trinajstić information content (AvgIpc) is 2.31. The lowest BCUT2D eigenvalue weighted by Gasteiger charge is -2.16. The van der Waals surface area contributed by atoms with Gasteiger partial charge in [0.2, 0.25) is 5.91 Å². The molecule has 2 N–H and O–H groups in total. The molecular formula is C7H11F3N2O. The minimum absolute atomic E-state index is 0.169. The van der Waals surface area contributed by atoms with Crippen LogP contribution in [0.2, 0.25) is 0 Å². The normalized spacial score (nSPS) is 23.7. The van der Waals surface area contributed by atoms with Crippen LogP contribution >= 0.6 is 0 Å². The summed E-state index contributed by atoms with van der Waals surface area (Å²) in [7, 11) is 0. The fraction of sp³-hybridized carbons (Fsp3) is 0.857. The number of hydrogen-bond donors (Lipinski definition) is 1. The molecule has 0 aromatic heterocycles. The summed E-state index contributed by atoms with van der Waals surface area (Å²) in [5.41, 5.74) is 5.45. The molecular weight excluding hydrogens is 185 g/mol. The maximum Gasteiger partial charge on any atom is 0.397 e. The molecule has 1 saturated heterocycles. The van der Waals surface area contributed by atoms with Gasteiger partial charge >= 0.3 is 6.18 Å². The van der Waals surface area contributed by atoms with E-state index >= 15 is 0 Å². The maximum absolute atomic E-state index is 11.8. The topological polar surface area (TPSA) is 46.3 Å². The molecule has 76 valence electrons. The Labute approximate surface area is 73.7 Å². The minimum Gasteiger partial charge on any atom is -0.341 e. The number of carbonyl (C=O) groups excluding carboxylic acids is 1. The van der Waals surface area contributed by atoms with Gasteiger partial charge in [0, 0.05) is 19.1 Å². The summed E-state index contributed by atoms with van der Waals surface area (Å²) < 4.78 is 35.3. The van der Waals surface area contributed by atoms with E-state index in [4.69, 9.17) is 5.73 Å².